The largest absolute Gasteiger partial charge is 0.322 e. The van der Waals surface area contributed by atoms with E-state index in [0.29, 0.717) is 27.5 Å². The van der Waals surface area contributed by atoms with Gasteiger partial charge < -0.3 is 5.32 Å². The van der Waals surface area contributed by atoms with Gasteiger partial charge in [-0.15, -0.1) is 0 Å². The molecule has 5 nitrogen and oxygen atoms in total. The molecule has 0 aliphatic heterocycles. The first-order chi connectivity index (χ1) is 14.3. The third-order valence-corrected chi connectivity index (χ3v) is 4.99. The lowest BCUT2D eigenvalue weighted by Crippen LogP contribution is -2.19. The number of nitrogens with zero attached hydrogens (tertiary/aromatic N) is 1. The van der Waals surface area contributed by atoms with Crippen molar-refractivity contribution >= 4 is 34.8 Å². The van der Waals surface area contributed by atoms with Crippen LogP contribution in [0.4, 0.5) is 5.69 Å². The zero-order valence-electron chi connectivity index (χ0n) is 17.0. The van der Waals surface area contributed by atoms with Crippen LogP contribution in [0.15, 0.2) is 71.8 Å². The second kappa shape index (κ2) is 9.37. The smallest absolute Gasteiger partial charge is 0.271 e. The topological polar surface area (TPSA) is 70.6 Å². The molecule has 3 rings (SSSR count). The second-order valence-electron chi connectivity index (χ2n) is 6.98. The number of benzene rings is 3. The Hall–Kier alpha value is -3.44. The minimum absolute atomic E-state index is 0.235. The minimum atomic E-state index is -0.273. The van der Waals surface area contributed by atoms with E-state index >= 15 is 0 Å². The zero-order chi connectivity index (χ0) is 21.7. The van der Waals surface area contributed by atoms with Gasteiger partial charge in [-0.25, -0.2) is 5.43 Å². The van der Waals surface area contributed by atoms with E-state index in [1.54, 1.807) is 49.4 Å². The summed E-state index contributed by atoms with van der Waals surface area (Å²) in [5.41, 5.74) is 7.85. The van der Waals surface area contributed by atoms with Crippen LogP contribution >= 0.6 is 11.6 Å². The zero-order valence-corrected chi connectivity index (χ0v) is 17.7. The van der Waals surface area contributed by atoms with E-state index in [4.69, 9.17) is 11.6 Å². The molecule has 0 radical (unpaired) electrons. The number of anilines is 1. The van der Waals surface area contributed by atoms with Crippen molar-refractivity contribution in [2.75, 3.05) is 5.32 Å². The lowest BCUT2D eigenvalue weighted by molar-refractivity contribution is 0.0954. The Morgan fingerprint density at radius 3 is 2.20 bits per heavy atom. The summed E-state index contributed by atoms with van der Waals surface area (Å²) in [5, 5.41) is 7.62. The molecule has 6 heteroatoms. The Labute approximate surface area is 180 Å². The van der Waals surface area contributed by atoms with E-state index in [0.717, 1.165) is 16.7 Å². The van der Waals surface area contributed by atoms with Gasteiger partial charge in [-0.05, 0) is 86.0 Å². The van der Waals surface area contributed by atoms with Crippen LogP contribution in [0.2, 0.25) is 5.02 Å². The van der Waals surface area contributed by atoms with Crippen molar-refractivity contribution in [3.8, 4) is 0 Å². The molecule has 0 heterocycles. The van der Waals surface area contributed by atoms with E-state index in [1.165, 1.54) is 0 Å². The van der Waals surface area contributed by atoms with E-state index in [1.807, 2.05) is 38.1 Å². The van der Waals surface area contributed by atoms with Crippen LogP contribution in [0.25, 0.3) is 0 Å². The number of halogens is 1. The van der Waals surface area contributed by atoms with Crippen molar-refractivity contribution in [2.24, 2.45) is 5.10 Å². The standard InChI is InChI=1S/C24H22ClN3O2/c1-15-7-8-20(13-16(15)2)24(30)28-27-17(3)19-5-4-6-22(14-19)26-23(29)18-9-11-21(25)12-10-18/h4-14H,1-3H3,(H,26,29)(H,28,30). The SMILES string of the molecule is CC(=NNC(=O)c1ccc(C)c(C)c1)c1cccc(NC(=O)c2ccc(Cl)cc2)c1. The second-order valence-corrected chi connectivity index (χ2v) is 7.42. The fourth-order valence-corrected chi connectivity index (χ4v) is 2.90. The van der Waals surface area contributed by atoms with Gasteiger partial charge in [0.15, 0.2) is 0 Å². The Balaban J connectivity index is 1.69. The van der Waals surface area contributed by atoms with Crippen molar-refractivity contribution in [3.63, 3.8) is 0 Å². The van der Waals surface area contributed by atoms with Gasteiger partial charge in [0, 0.05) is 21.8 Å². The van der Waals surface area contributed by atoms with E-state index in [9.17, 15) is 9.59 Å². The highest BCUT2D eigenvalue weighted by Gasteiger charge is 2.09. The third kappa shape index (κ3) is 5.33. The highest BCUT2D eigenvalue weighted by molar-refractivity contribution is 6.30. The Morgan fingerprint density at radius 2 is 1.50 bits per heavy atom. The number of hydrogen-bond acceptors (Lipinski definition) is 3. The summed E-state index contributed by atoms with van der Waals surface area (Å²) in [6.45, 7) is 5.75. The number of carbonyl (C=O) groups excluding carboxylic acids is 2. The van der Waals surface area contributed by atoms with Gasteiger partial charge >= 0.3 is 0 Å². The predicted octanol–water partition coefficient (Wildman–Crippen LogP) is 5.36. The molecule has 0 bridgehead atoms. The van der Waals surface area contributed by atoms with Crippen LogP contribution < -0.4 is 10.7 Å². The van der Waals surface area contributed by atoms with Crippen molar-refractivity contribution in [1.82, 2.24) is 5.43 Å². The number of hydrazone groups is 1. The average Bonchev–Trinajstić information content (AvgIpc) is 2.74. The predicted molar refractivity (Wildman–Crippen MR) is 121 cm³/mol. The summed E-state index contributed by atoms with van der Waals surface area (Å²) < 4.78 is 0. The van der Waals surface area contributed by atoms with Gasteiger partial charge in [-0.1, -0.05) is 29.8 Å². The number of carbonyl (C=O) groups is 2. The van der Waals surface area contributed by atoms with Crippen LogP contribution in [0.5, 0.6) is 0 Å². The van der Waals surface area contributed by atoms with Gasteiger partial charge in [0.1, 0.15) is 0 Å². The van der Waals surface area contributed by atoms with E-state index in [-0.39, 0.29) is 11.8 Å². The summed E-state index contributed by atoms with van der Waals surface area (Å²) in [4.78, 5) is 24.7. The maximum Gasteiger partial charge on any atom is 0.271 e. The number of aryl methyl sites for hydroxylation is 2. The molecule has 0 aromatic heterocycles. The fraction of sp³-hybridized carbons (Fsp3) is 0.125. The molecule has 0 fully saturated rings. The average molecular weight is 420 g/mol. The van der Waals surface area contributed by atoms with Crippen LogP contribution in [-0.2, 0) is 0 Å². The Kier molecular flexibility index (Phi) is 6.65. The maximum atomic E-state index is 12.4. The summed E-state index contributed by atoms with van der Waals surface area (Å²) in [6.07, 6.45) is 0. The molecule has 0 spiro atoms. The van der Waals surface area contributed by atoms with Gasteiger partial charge in [-0.3, -0.25) is 9.59 Å². The number of amides is 2. The quantitative estimate of drug-likeness (QED) is 0.431. The Morgan fingerprint density at radius 1 is 0.800 bits per heavy atom. The number of nitrogens with one attached hydrogen (secondary N) is 2. The van der Waals surface area contributed by atoms with Gasteiger partial charge in [0.05, 0.1) is 5.71 Å². The normalized spacial score (nSPS) is 11.1. The van der Waals surface area contributed by atoms with Crippen molar-refractivity contribution in [1.29, 1.82) is 0 Å². The summed E-state index contributed by atoms with van der Waals surface area (Å²) >= 11 is 5.86. The highest BCUT2D eigenvalue weighted by atomic mass is 35.5. The Bertz CT molecular complexity index is 1120. The van der Waals surface area contributed by atoms with Gasteiger partial charge in [0.2, 0.25) is 0 Å². The summed E-state index contributed by atoms with van der Waals surface area (Å²) in [5.74, 6) is -0.508. The highest BCUT2D eigenvalue weighted by Crippen LogP contribution is 2.15. The monoisotopic (exact) mass is 419 g/mol. The first-order valence-corrected chi connectivity index (χ1v) is 9.80. The molecule has 0 saturated heterocycles. The first-order valence-electron chi connectivity index (χ1n) is 9.43. The molecule has 152 valence electrons. The molecule has 0 aliphatic carbocycles. The molecule has 0 aliphatic rings. The summed E-state index contributed by atoms with van der Waals surface area (Å²) in [6, 6.07) is 19.4. The molecule has 2 amide bonds. The molecule has 3 aromatic rings. The van der Waals surface area contributed by atoms with Crippen molar-refractivity contribution in [2.45, 2.75) is 20.8 Å². The molecule has 3 aromatic carbocycles. The molecular formula is C24H22ClN3O2. The lowest BCUT2D eigenvalue weighted by atomic mass is 10.1. The molecule has 30 heavy (non-hydrogen) atoms. The summed E-state index contributed by atoms with van der Waals surface area (Å²) in [7, 11) is 0. The molecule has 2 N–H and O–H groups in total. The molecule has 0 atom stereocenters. The molecular weight excluding hydrogens is 398 g/mol. The third-order valence-electron chi connectivity index (χ3n) is 4.74. The maximum absolute atomic E-state index is 12.4. The van der Waals surface area contributed by atoms with Crippen LogP contribution in [0.1, 0.15) is 44.3 Å². The van der Waals surface area contributed by atoms with E-state index in [2.05, 4.69) is 15.8 Å². The van der Waals surface area contributed by atoms with Crippen molar-refractivity contribution < 1.29 is 9.59 Å². The molecule has 0 saturated carbocycles. The van der Waals surface area contributed by atoms with Gasteiger partial charge in [0.25, 0.3) is 11.8 Å². The van der Waals surface area contributed by atoms with Gasteiger partial charge in [-0.2, -0.15) is 5.10 Å². The molecule has 0 unspecified atom stereocenters. The minimum Gasteiger partial charge on any atom is -0.322 e. The lowest BCUT2D eigenvalue weighted by Gasteiger charge is -2.08. The number of rotatable bonds is 5. The fourth-order valence-electron chi connectivity index (χ4n) is 2.77. The van der Waals surface area contributed by atoms with E-state index < -0.39 is 0 Å². The van der Waals surface area contributed by atoms with Crippen LogP contribution in [0, 0.1) is 13.8 Å². The van der Waals surface area contributed by atoms with Crippen molar-refractivity contribution in [3.05, 3.63) is 99.6 Å². The first kappa shape index (κ1) is 21.3. The number of hydrogen-bond donors (Lipinski definition) is 2. The van der Waals surface area contributed by atoms with Crippen LogP contribution in [-0.4, -0.2) is 17.5 Å². The van der Waals surface area contributed by atoms with Crippen LogP contribution in [0.3, 0.4) is 0 Å².